The Kier molecular flexibility index (Phi) is 2.34. The van der Waals surface area contributed by atoms with Crippen molar-refractivity contribution in [3.05, 3.63) is 28.8 Å². The number of fused-ring (bicyclic) bond motifs is 1. The molecule has 0 fully saturated rings. The first-order valence-corrected chi connectivity index (χ1v) is 4.97. The van der Waals surface area contributed by atoms with Gasteiger partial charge in [-0.2, -0.15) is 0 Å². The highest BCUT2D eigenvalue weighted by molar-refractivity contribution is 6.52. The lowest BCUT2D eigenvalue weighted by atomic mass is 10.0. The molecule has 0 atom stereocenters. The highest BCUT2D eigenvalue weighted by Gasteiger charge is 2.36. The Bertz CT molecular complexity index is 505. The van der Waals surface area contributed by atoms with Gasteiger partial charge in [0.25, 0.3) is 11.7 Å². The molecule has 4 nitrogen and oxygen atoms in total. The number of rotatable bonds is 2. The maximum atomic E-state index is 11.7. The third kappa shape index (κ3) is 1.34. The van der Waals surface area contributed by atoms with Crippen LogP contribution in [0, 0.1) is 13.8 Å². The van der Waals surface area contributed by atoms with E-state index in [0.29, 0.717) is 17.5 Å². The largest absolute Gasteiger partial charge is 0.301 e. The fourth-order valence-electron chi connectivity index (χ4n) is 2.08. The fourth-order valence-corrected chi connectivity index (χ4v) is 2.08. The highest BCUT2D eigenvalue weighted by Crippen LogP contribution is 2.32. The number of aldehydes is 1. The summed E-state index contributed by atoms with van der Waals surface area (Å²) in [5.41, 5.74) is 2.76. The van der Waals surface area contributed by atoms with Crippen molar-refractivity contribution in [2.45, 2.75) is 13.8 Å². The van der Waals surface area contributed by atoms with Crippen molar-refractivity contribution in [1.82, 2.24) is 0 Å². The zero-order valence-corrected chi connectivity index (χ0v) is 9.11. The van der Waals surface area contributed by atoms with E-state index in [1.165, 1.54) is 4.90 Å². The number of benzene rings is 1. The van der Waals surface area contributed by atoms with Gasteiger partial charge in [-0.05, 0) is 31.0 Å². The van der Waals surface area contributed by atoms with Gasteiger partial charge >= 0.3 is 0 Å². The summed E-state index contributed by atoms with van der Waals surface area (Å²) in [4.78, 5) is 35.0. The Labute approximate surface area is 92.9 Å². The molecular formula is C12H11NO3. The van der Waals surface area contributed by atoms with E-state index in [1.54, 1.807) is 6.07 Å². The summed E-state index contributed by atoms with van der Waals surface area (Å²) >= 11 is 0. The Hall–Kier alpha value is -1.97. The molecule has 1 aliphatic rings. The van der Waals surface area contributed by atoms with Crippen LogP contribution in [0.1, 0.15) is 21.5 Å². The number of ketones is 1. The van der Waals surface area contributed by atoms with Crippen LogP contribution in [0.2, 0.25) is 0 Å². The second-order valence-electron chi connectivity index (χ2n) is 3.89. The highest BCUT2D eigenvalue weighted by atomic mass is 16.2. The van der Waals surface area contributed by atoms with E-state index >= 15 is 0 Å². The number of hydrogen-bond acceptors (Lipinski definition) is 3. The summed E-state index contributed by atoms with van der Waals surface area (Å²) < 4.78 is 0. The van der Waals surface area contributed by atoms with Gasteiger partial charge in [0.05, 0.1) is 17.8 Å². The molecule has 1 aromatic carbocycles. The number of aryl methyl sites for hydroxylation is 2. The molecular weight excluding hydrogens is 206 g/mol. The van der Waals surface area contributed by atoms with Gasteiger partial charge in [-0.1, -0.05) is 6.07 Å². The van der Waals surface area contributed by atoms with Crippen LogP contribution in [-0.4, -0.2) is 24.5 Å². The summed E-state index contributed by atoms with van der Waals surface area (Å²) in [7, 11) is 0. The molecule has 4 heteroatoms. The van der Waals surface area contributed by atoms with Crippen LogP contribution in [0.25, 0.3) is 0 Å². The van der Waals surface area contributed by atoms with E-state index in [4.69, 9.17) is 0 Å². The number of carbonyl (C=O) groups excluding carboxylic acids is 3. The minimum absolute atomic E-state index is 0.0680. The fraction of sp³-hybridized carbons (Fsp3) is 0.250. The monoisotopic (exact) mass is 217 g/mol. The minimum Gasteiger partial charge on any atom is -0.301 e. The van der Waals surface area contributed by atoms with E-state index < -0.39 is 11.7 Å². The summed E-state index contributed by atoms with van der Waals surface area (Å²) in [5.74, 6) is -1.14. The summed E-state index contributed by atoms with van der Waals surface area (Å²) in [5, 5.41) is 0. The zero-order chi connectivity index (χ0) is 11.9. The molecule has 1 aliphatic heterocycles. The van der Waals surface area contributed by atoms with Gasteiger partial charge in [0.2, 0.25) is 0 Å². The molecule has 0 radical (unpaired) electrons. The maximum Gasteiger partial charge on any atom is 0.299 e. The van der Waals surface area contributed by atoms with Gasteiger partial charge in [-0.3, -0.25) is 14.5 Å². The van der Waals surface area contributed by atoms with Crippen molar-refractivity contribution in [1.29, 1.82) is 0 Å². The van der Waals surface area contributed by atoms with Crippen molar-refractivity contribution in [3.63, 3.8) is 0 Å². The summed E-state index contributed by atoms with van der Waals surface area (Å²) in [6, 6.07) is 3.58. The molecule has 1 aromatic rings. The lowest BCUT2D eigenvalue weighted by Crippen LogP contribution is -2.31. The van der Waals surface area contributed by atoms with Crippen LogP contribution in [-0.2, 0) is 9.59 Å². The van der Waals surface area contributed by atoms with Gasteiger partial charge in [-0.25, -0.2) is 0 Å². The molecule has 0 saturated heterocycles. The Balaban J connectivity index is 2.65. The average molecular weight is 217 g/mol. The first kappa shape index (κ1) is 10.5. The molecule has 0 aliphatic carbocycles. The number of carbonyl (C=O) groups is 3. The number of hydrogen-bond donors (Lipinski definition) is 0. The van der Waals surface area contributed by atoms with Crippen LogP contribution < -0.4 is 4.90 Å². The van der Waals surface area contributed by atoms with Crippen LogP contribution in [0.4, 0.5) is 5.69 Å². The number of anilines is 1. The molecule has 2 rings (SSSR count). The van der Waals surface area contributed by atoms with Gasteiger partial charge < -0.3 is 4.79 Å². The Morgan fingerprint density at radius 3 is 2.56 bits per heavy atom. The molecule has 16 heavy (non-hydrogen) atoms. The van der Waals surface area contributed by atoms with Gasteiger partial charge in [0, 0.05) is 0 Å². The third-order valence-electron chi connectivity index (χ3n) is 2.66. The van der Waals surface area contributed by atoms with Crippen molar-refractivity contribution < 1.29 is 14.4 Å². The molecule has 0 spiro atoms. The van der Waals surface area contributed by atoms with Crippen molar-refractivity contribution in [2.75, 3.05) is 11.4 Å². The number of amides is 1. The van der Waals surface area contributed by atoms with Crippen molar-refractivity contribution >= 4 is 23.7 Å². The second-order valence-corrected chi connectivity index (χ2v) is 3.89. The van der Waals surface area contributed by atoms with Crippen molar-refractivity contribution in [2.24, 2.45) is 0 Å². The smallest absolute Gasteiger partial charge is 0.299 e. The molecule has 1 amide bonds. The maximum absolute atomic E-state index is 11.7. The number of nitrogens with zero attached hydrogens (tertiary/aromatic N) is 1. The lowest BCUT2D eigenvalue weighted by molar-refractivity contribution is -0.115. The summed E-state index contributed by atoms with van der Waals surface area (Å²) in [6.07, 6.45) is 0.625. The standard InChI is InChI=1S/C12H11NO3/c1-7-5-8(2)10-9(6-7)11(15)12(16)13(10)3-4-14/h4-6H,3H2,1-2H3. The Morgan fingerprint density at radius 2 is 1.94 bits per heavy atom. The second kappa shape index (κ2) is 3.56. The zero-order valence-electron chi connectivity index (χ0n) is 9.11. The molecule has 0 saturated carbocycles. The van der Waals surface area contributed by atoms with Gasteiger partial charge in [0.1, 0.15) is 6.29 Å². The predicted molar refractivity (Wildman–Crippen MR) is 58.7 cm³/mol. The molecule has 0 unspecified atom stereocenters. The Morgan fingerprint density at radius 1 is 1.25 bits per heavy atom. The molecule has 1 heterocycles. The SMILES string of the molecule is Cc1cc(C)c2c(c1)C(=O)C(=O)N2CC=O. The molecule has 82 valence electrons. The van der Waals surface area contributed by atoms with Crippen molar-refractivity contribution in [3.8, 4) is 0 Å². The average Bonchev–Trinajstić information content (AvgIpc) is 2.44. The first-order valence-electron chi connectivity index (χ1n) is 4.97. The molecule has 0 bridgehead atoms. The van der Waals surface area contributed by atoms with E-state index in [9.17, 15) is 14.4 Å². The number of Topliss-reactive ketones (excluding diaryl/α,β-unsaturated/α-hetero) is 1. The summed E-state index contributed by atoms with van der Waals surface area (Å²) in [6.45, 7) is 3.63. The van der Waals surface area contributed by atoms with Gasteiger partial charge in [-0.15, -0.1) is 0 Å². The minimum atomic E-state index is -0.615. The first-order chi connectivity index (χ1) is 7.56. The lowest BCUT2D eigenvalue weighted by Gasteiger charge is -2.15. The van der Waals surface area contributed by atoms with E-state index in [0.717, 1.165) is 11.1 Å². The molecule has 0 aromatic heterocycles. The third-order valence-corrected chi connectivity index (χ3v) is 2.66. The van der Waals surface area contributed by atoms with Crippen LogP contribution in [0.15, 0.2) is 12.1 Å². The van der Waals surface area contributed by atoms with Crippen LogP contribution in [0.3, 0.4) is 0 Å². The molecule has 0 N–H and O–H groups in total. The normalized spacial score (nSPS) is 14.2. The van der Waals surface area contributed by atoms with E-state index in [1.807, 2.05) is 19.9 Å². The van der Waals surface area contributed by atoms with E-state index in [2.05, 4.69) is 0 Å². The topological polar surface area (TPSA) is 54.5 Å². The van der Waals surface area contributed by atoms with Crippen LogP contribution in [0.5, 0.6) is 0 Å². The van der Waals surface area contributed by atoms with E-state index in [-0.39, 0.29) is 6.54 Å². The quantitative estimate of drug-likeness (QED) is 0.549. The predicted octanol–water partition coefficient (Wildman–Crippen LogP) is 1.03. The van der Waals surface area contributed by atoms with Crippen LogP contribution >= 0.6 is 0 Å². The van der Waals surface area contributed by atoms with Gasteiger partial charge in [0.15, 0.2) is 0 Å².